The minimum atomic E-state index is -1.28. The molecular formula is C14H9Cl2N3O7. The van der Waals surface area contributed by atoms with Crippen molar-refractivity contribution in [1.29, 1.82) is 0 Å². The van der Waals surface area contributed by atoms with Crippen LogP contribution in [0.3, 0.4) is 0 Å². The van der Waals surface area contributed by atoms with Crippen LogP contribution in [0.15, 0.2) is 36.4 Å². The van der Waals surface area contributed by atoms with E-state index in [4.69, 9.17) is 34.0 Å². The summed E-state index contributed by atoms with van der Waals surface area (Å²) < 4.78 is 0. The second-order valence-corrected chi connectivity index (χ2v) is 5.22. The van der Waals surface area contributed by atoms with E-state index in [2.05, 4.69) is 0 Å². The summed E-state index contributed by atoms with van der Waals surface area (Å²) in [4.78, 5) is 40.5. The van der Waals surface area contributed by atoms with Crippen molar-refractivity contribution in [3.63, 3.8) is 0 Å². The quantitative estimate of drug-likeness (QED) is 0.584. The number of nitro benzene ring substituents is 2. The minimum Gasteiger partial charge on any atom is -0.478 e. The van der Waals surface area contributed by atoms with Crippen LogP contribution < -0.4 is 5.73 Å². The van der Waals surface area contributed by atoms with Gasteiger partial charge in [0.05, 0.1) is 21.0 Å². The average molecular weight is 402 g/mol. The number of carbonyl (C=O) groups excluding carboxylic acids is 1. The molecule has 2 rings (SSSR count). The molecular weight excluding hydrogens is 393 g/mol. The first-order chi connectivity index (χ1) is 12.1. The van der Waals surface area contributed by atoms with Gasteiger partial charge in [0.25, 0.3) is 11.4 Å². The molecule has 26 heavy (non-hydrogen) atoms. The summed E-state index contributed by atoms with van der Waals surface area (Å²) in [5, 5.41) is 28.7. The molecule has 0 aliphatic rings. The largest absolute Gasteiger partial charge is 0.478 e. The molecule has 2 aromatic carbocycles. The number of amides is 1. The maximum absolute atomic E-state index is 10.7. The third-order valence-electron chi connectivity index (χ3n) is 2.85. The average Bonchev–Trinajstić information content (AvgIpc) is 2.54. The van der Waals surface area contributed by atoms with E-state index in [0.717, 1.165) is 6.07 Å². The van der Waals surface area contributed by atoms with Gasteiger partial charge in [-0.15, -0.1) is 0 Å². The molecule has 0 aliphatic carbocycles. The number of carboxylic acid groups (broad SMARTS) is 1. The van der Waals surface area contributed by atoms with Gasteiger partial charge in [0.15, 0.2) is 0 Å². The maximum Gasteiger partial charge on any atom is 0.337 e. The predicted octanol–water partition coefficient (Wildman–Crippen LogP) is 3.29. The highest BCUT2D eigenvalue weighted by molar-refractivity contribution is 6.36. The molecule has 0 saturated carbocycles. The highest BCUT2D eigenvalue weighted by Crippen LogP contribution is 2.28. The van der Waals surface area contributed by atoms with Crippen molar-refractivity contribution in [3.05, 3.63) is 77.8 Å². The number of rotatable bonds is 4. The van der Waals surface area contributed by atoms with Crippen LogP contribution in [0.5, 0.6) is 0 Å². The molecule has 0 heterocycles. The van der Waals surface area contributed by atoms with E-state index < -0.39 is 27.4 Å². The third kappa shape index (κ3) is 4.88. The van der Waals surface area contributed by atoms with Gasteiger partial charge in [-0.05, 0) is 12.1 Å². The van der Waals surface area contributed by atoms with Crippen LogP contribution in [0.2, 0.25) is 10.0 Å². The van der Waals surface area contributed by atoms with Gasteiger partial charge in [-0.3, -0.25) is 25.0 Å². The number of carbonyl (C=O) groups is 2. The molecule has 0 saturated heterocycles. The molecule has 12 heteroatoms. The van der Waals surface area contributed by atoms with E-state index in [-0.39, 0.29) is 26.9 Å². The number of hydrogen-bond donors (Lipinski definition) is 2. The lowest BCUT2D eigenvalue weighted by Gasteiger charge is -1.98. The molecule has 1 amide bonds. The van der Waals surface area contributed by atoms with Crippen molar-refractivity contribution in [2.75, 3.05) is 0 Å². The number of carboxylic acids is 1. The molecule has 136 valence electrons. The van der Waals surface area contributed by atoms with E-state index >= 15 is 0 Å². The van der Waals surface area contributed by atoms with Crippen molar-refractivity contribution in [3.8, 4) is 0 Å². The van der Waals surface area contributed by atoms with Crippen molar-refractivity contribution in [2.45, 2.75) is 0 Å². The molecule has 0 aliphatic heterocycles. The Kier molecular flexibility index (Phi) is 6.99. The fourth-order valence-corrected chi connectivity index (χ4v) is 2.24. The van der Waals surface area contributed by atoms with Gasteiger partial charge in [-0.25, -0.2) is 4.79 Å². The molecule has 0 unspecified atom stereocenters. The zero-order chi connectivity index (χ0) is 20.0. The molecule has 0 atom stereocenters. The second-order valence-electron chi connectivity index (χ2n) is 4.46. The summed E-state index contributed by atoms with van der Waals surface area (Å²) in [6, 6.07) is 7.51. The van der Waals surface area contributed by atoms with Crippen LogP contribution >= 0.6 is 23.2 Å². The number of nitrogens with two attached hydrogens (primary N) is 1. The number of primary amides is 1. The number of benzene rings is 2. The first-order valence-electron chi connectivity index (χ1n) is 6.46. The summed E-state index contributed by atoms with van der Waals surface area (Å²) in [6.07, 6.45) is 0. The summed E-state index contributed by atoms with van der Waals surface area (Å²) in [5.41, 5.74) is 3.90. The highest BCUT2D eigenvalue weighted by atomic mass is 35.5. The van der Waals surface area contributed by atoms with E-state index in [1.165, 1.54) is 30.3 Å². The van der Waals surface area contributed by atoms with E-state index in [1.807, 2.05) is 0 Å². The summed E-state index contributed by atoms with van der Waals surface area (Å²) in [6.45, 7) is 0. The lowest BCUT2D eigenvalue weighted by Crippen LogP contribution is -2.12. The predicted molar refractivity (Wildman–Crippen MR) is 91.7 cm³/mol. The highest BCUT2D eigenvalue weighted by Gasteiger charge is 2.19. The van der Waals surface area contributed by atoms with Crippen molar-refractivity contribution < 1.29 is 24.5 Å². The van der Waals surface area contributed by atoms with E-state index in [1.54, 1.807) is 0 Å². The number of hydrogen-bond acceptors (Lipinski definition) is 6. The van der Waals surface area contributed by atoms with Crippen LogP contribution in [0.25, 0.3) is 0 Å². The number of nitrogens with zero attached hydrogens (tertiary/aromatic N) is 2. The van der Waals surface area contributed by atoms with Crippen LogP contribution in [0.4, 0.5) is 11.4 Å². The normalized spacial score (nSPS) is 9.62. The van der Waals surface area contributed by atoms with Crippen molar-refractivity contribution in [1.82, 2.24) is 0 Å². The molecule has 0 radical (unpaired) electrons. The van der Waals surface area contributed by atoms with Gasteiger partial charge in [0.2, 0.25) is 5.91 Å². The van der Waals surface area contributed by atoms with E-state index in [9.17, 15) is 29.8 Å². The molecule has 10 nitrogen and oxygen atoms in total. The van der Waals surface area contributed by atoms with Gasteiger partial charge >= 0.3 is 5.97 Å². The lowest BCUT2D eigenvalue weighted by atomic mass is 10.2. The third-order valence-corrected chi connectivity index (χ3v) is 3.64. The Morgan fingerprint density at radius 1 is 0.885 bits per heavy atom. The van der Waals surface area contributed by atoms with Gasteiger partial charge in [-0.2, -0.15) is 0 Å². The summed E-state index contributed by atoms with van der Waals surface area (Å²) >= 11 is 11.0. The molecule has 2 aromatic rings. The second kappa shape index (κ2) is 8.74. The Morgan fingerprint density at radius 2 is 1.27 bits per heavy atom. The van der Waals surface area contributed by atoms with Crippen LogP contribution in [0, 0.1) is 20.2 Å². The van der Waals surface area contributed by atoms with Crippen molar-refractivity contribution >= 4 is 46.5 Å². The number of aromatic carboxylic acids is 1. The Balaban J connectivity index is 0.000000260. The topological polar surface area (TPSA) is 167 Å². The SMILES string of the molecule is NC(=O)c1cccc([N+](=O)[O-])c1Cl.O=C(O)c1cccc([N+](=O)[O-])c1Cl. The maximum atomic E-state index is 10.7. The van der Waals surface area contributed by atoms with Crippen molar-refractivity contribution in [2.24, 2.45) is 5.73 Å². The van der Waals surface area contributed by atoms with Crippen LogP contribution in [-0.4, -0.2) is 26.8 Å². The lowest BCUT2D eigenvalue weighted by molar-refractivity contribution is -0.384. The van der Waals surface area contributed by atoms with Crippen LogP contribution in [-0.2, 0) is 0 Å². The van der Waals surface area contributed by atoms with Gasteiger partial charge in [0.1, 0.15) is 10.0 Å². The number of halogens is 2. The molecule has 0 aromatic heterocycles. The number of nitro groups is 2. The van der Waals surface area contributed by atoms with Gasteiger partial charge in [0, 0.05) is 12.1 Å². The summed E-state index contributed by atoms with van der Waals surface area (Å²) in [5.74, 6) is -2.07. The van der Waals surface area contributed by atoms with E-state index in [0.29, 0.717) is 0 Å². The molecule has 0 bridgehead atoms. The Morgan fingerprint density at radius 3 is 1.62 bits per heavy atom. The van der Waals surface area contributed by atoms with Gasteiger partial charge < -0.3 is 10.8 Å². The zero-order valence-corrected chi connectivity index (χ0v) is 14.1. The molecule has 0 spiro atoms. The fraction of sp³-hybridized carbons (Fsp3) is 0. The minimum absolute atomic E-state index is 0.0455. The fourth-order valence-electron chi connectivity index (χ4n) is 1.68. The smallest absolute Gasteiger partial charge is 0.337 e. The summed E-state index contributed by atoms with van der Waals surface area (Å²) in [7, 11) is 0. The Bertz CT molecular complexity index is 764. The monoisotopic (exact) mass is 401 g/mol. The standard InChI is InChI=1S/C7H5ClN2O3.C7H4ClNO4/c8-6-4(7(9)11)2-1-3-5(6)10(12)13;8-6-4(7(10)11)2-1-3-5(6)9(12)13/h1-3H,(H2,9,11);1-3H,(H,10,11). The molecule has 0 fully saturated rings. The first kappa shape index (κ1) is 20.8. The Labute approximate surface area is 155 Å². The first-order valence-corrected chi connectivity index (χ1v) is 7.22. The zero-order valence-electron chi connectivity index (χ0n) is 12.6. The van der Waals surface area contributed by atoms with Gasteiger partial charge in [-0.1, -0.05) is 35.3 Å². The molecule has 3 N–H and O–H groups in total. The Hall–Kier alpha value is -3.24. The van der Waals surface area contributed by atoms with Crippen LogP contribution in [0.1, 0.15) is 20.7 Å².